The molecule has 1 aliphatic rings. The van der Waals surface area contributed by atoms with Crippen molar-refractivity contribution in [1.82, 2.24) is 15.1 Å². The highest BCUT2D eigenvalue weighted by Crippen LogP contribution is 2.12. The molecule has 0 spiro atoms. The summed E-state index contributed by atoms with van der Waals surface area (Å²) in [5, 5.41) is 16.8. The second-order valence-corrected chi connectivity index (χ2v) is 3.95. The third-order valence-corrected chi connectivity index (χ3v) is 2.77. The van der Waals surface area contributed by atoms with Crippen molar-refractivity contribution in [3.05, 3.63) is 17.8 Å². The van der Waals surface area contributed by atoms with Gasteiger partial charge in [-0.1, -0.05) is 13.8 Å². The Labute approximate surface area is 109 Å². The predicted molar refractivity (Wildman–Crippen MR) is 72.4 cm³/mol. The van der Waals surface area contributed by atoms with E-state index < -0.39 is 0 Å². The number of hydrogen-bond acceptors (Lipinski definition) is 5. The maximum absolute atomic E-state index is 8.60. The summed E-state index contributed by atoms with van der Waals surface area (Å²) < 4.78 is 0. The molecular weight excluding hydrogens is 226 g/mol. The van der Waals surface area contributed by atoms with Gasteiger partial charge in [-0.05, 0) is 19.1 Å². The van der Waals surface area contributed by atoms with Gasteiger partial charge in [-0.2, -0.15) is 10.4 Å². The van der Waals surface area contributed by atoms with Crippen molar-refractivity contribution in [2.75, 3.05) is 37.6 Å². The second-order valence-electron chi connectivity index (χ2n) is 3.95. The molecule has 0 aromatic carbocycles. The lowest BCUT2D eigenvalue weighted by Crippen LogP contribution is -2.46. The smallest absolute Gasteiger partial charge is 0.151 e. The summed E-state index contributed by atoms with van der Waals surface area (Å²) in [5.74, 6) is 0.933. The third kappa shape index (κ3) is 3.97. The van der Waals surface area contributed by atoms with Crippen LogP contribution in [0.2, 0.25) is 0 Å². The van der Waals surface area contributed by atoms with Crippen LogP contribution in [-0.4, -0.2) is 47.8 Å². The molecule has 2 rings (SSSR count). The minimum Gasteiger partial charge on any atom is -0.353 e. The molecule has 0 atom stereocenters. The van der Waals surface area contributed by atoms with E-state index in [-0.39, 0.29) is 0 Å². The summed E-state index contributed by atoms with van der Waals surface area (Å²) in [6.07, 6.45) is 0. The van der Waals surface area contributed by atoms with Crippen LogP contribution in [0.15, 0.2) is 12.1 Å². The Kier molecular flexibility index (Phi) is 6.09. The van der Waals surface area contributed by atoms with Gasteiger partial charge in [0.1, 0.15) is 0 Å². The molecule has 1 aromatic heterocycles. The summed E-state index contributed by atoms with van der Waals surface area (Å²) in [7, 11) is 0. The van der Waals surface area contributed by atoms with E-state index in [4.69, 9.17) is 5.26 Å². The van der Waals surface area contributed by atoms with Gasteiger partial charge in [0.15, 0.2) is 5.82 Å². The summed E-state index contributed by atoms with van der Waals surface area (Å²) in [6, 6.07) is 6.16. The van der Waals surface area contributed by atoms with E-state index in [2.05, 4.69) is 26.1 Å². The fourth-order valence-electron chi connectivity index (χ4n) is 1.80. The minimum absolute atomic E-state index is 0.521. The Morgan fingerprint density at radius 2 is 1.83 bits per heavy atom. The zero-order valence-electron chi connectivity index (χ0n) is 11.4. The molecule has 0 saturated carbocycles. The van der Waals surface area contributed by atoms with Gasteiger partial charge in [-0.15, -0.1) is 5.10 Å². The van der Waals surface area contributed by atoms with Crippen molar-refractivity contribution in [2.45, 2.75) is 20.8 Å². The van der Waals surface area contributed by atoms with Crippen molar-refractivity contribution in [3.63, 3.8) is 0 Å². The maximum atomic E-state index is 8.60. The van der Waals surface area contributed by atoms with Gasteiger partial charge in [0.25, 0.3) is 0 Å². The molecule has 1 aromatic rings. The van der Waals surface area contributed by atoms with Crippen LogP contribution in [0.5, 0.6) is 0 Å². The molecule has 1 aliphatic heterocycles. The molecule has 0 aliphatic carbocycles. The van der Waals surface area contributed by atoms with Gasteiger partial charge in [-0.25, -0.2) is 0 Å². The molecule has 1 saturated heterocycles. The lowest BCUT2D eigenvalue weighted by Gasteiger charge is -2.33. The first-order valence-electron chi connectivity index (χ1n) is 6.44. The van der Waals surface area contributed by atoms with Crippen LogP contribution in [0.1, 0.15) is 19.5 Å². The molecule has 0 unspecified atom stereocenters. The van der Waals surface area contributed by atoms with Crippen LogP contribution < -0.4 is 4.90 Å². The molecule has 0 bridgehead atoms. The van der Waals surface area contributed by atoms with E-state index in [0.717, 1.165) is 37.7 Å². The van der Waals surface area contributed by atoms with Crippen molar-refractivity contribution < 1.29 is 0 Å². The lowest BCUT2D eigenvalue weighted by atomic mass is 10.3. The number of nitrogens with zero attached hydrogens (tertiary/aromatic N) is 5. The fourth-order valence-corrected chi connectivity index (χ4v) is 1.80. The van der Waals surface area contributed by atoms with E-state index >= 15 is 0 Å². The zero-order chi connectivity index (χ0) is 13.4. The third-order valence-electron chi connectivity index (χ3n) is 2.77. The molecule has 0 N–H and O–H groups in total. The Hall–Kier alpha value is -1.67. The first-order chi connectivity index (χ1) is 8.79. The quantitative estimate of drug-likeness (QED) is 0.740. The molecular formula is C13H21N5. The number of aromatic nitrogens is 2. The highest BCUT2D eigenvalue weighted by molar-refractivity contribution is 5.37. The number of piperazine rings is 1. The SMILES string of the molecule is CC.Cc1ccc(N2CCN(CC#N)CC2)nn1. The van der Waals surface area contributed by atoms with Crippen LogP contribution in [0.25, 0.3) is 0 Å². The molecule has 0 amide bonds. The van der Waals surface area contributed by atoms with Gasteiger partial charge >= 0.3 is 0 Å². The highest BCUT2D eigenvalue weighted by Gasteiger charge is 2.17. The number of rotatable bonds is 2. The van der Waals surface area contributed by atoms with Crippen LogP contribution >= 0.6 is 0 Å². The molecule has 1 fully saturated rings. The summed E-state index contributed by atoms with van der Waals surface area (Å²) in [5.41, 5.74) is 0.937. The monoisotopic (exact) mass is 247 g/mol. The first-order valence-corrected chi connectivity index (χ1v) is 6.44. The van der Waals surface area contributed by atoms with Crippen molar-refractivity contribution in [3.8, 4) is 6.07 Å². The highest BCUT2D eigenvalue weighted by atomic mass is 15.3. The second kappa shape index (κ2) is 7.62. The van der Waals surface area contributed by atoms with Gasteiger partial charge < -0.3 is 4.90 Å². The molecule has 98 valence electrons. The Morgan fingerprint density at radius 3 is 2.33 bits per heavy atom. The Morgan fingerprint density at radius 1 is 1.17 bits per heavy atom. The summed E-state index contributed by atoms with van der Waals surface area (Å²) in [4.78, 5) is 4.36. The minimum atomic E-state index is 0.521. The zero-order valence-corrected chi connectivity index (χ0v) is 11.4. The molecule has 5 nitrogen and oxygen atoms in total. The van der Waals surface area contributed by atoms with Crippen molar-refractivity contribution >= 4 is 5.82 Å². The standard InChI is InChI=1S/C11H15N5.C2H6/c1-10-2-3-11(14-13-10)16-8-6-15(5-4-12)7-9-16;1-2/h2-3H,5-9H2,1H3;1-2H3. The first kappa shape index (κ1) is 14.4. The van der Waals surface area contributed by atoms with Crippen LogP contribution in [0.3, 0.4) is 0 Å². The topological polar surface area (TPSA) is 56.0 Å². The average molecular weight is 247 g/mol. The predicted octanol–water partition coefficient (Wildman–Crippen LogP) is 1.46. The van der Waals surface area contributed by atoms with E-state index in [1.165, 1.54) is 0 Å². The normalized spacial score (nSPS) is 15.6. The fraction of sp³-hybridized carbons (Fsp3) is 0.615. The van der Waals surface area contributed by atoms with Crippen LogP contribution in [0.4, 0.5) is 5.82 Å². The molecule has 2 heterocycles. The summed E-state index contributed by atoms with van der Waals surface area (Å²) in [6.45, 7) is 10.1. The largest absolute Gasteiger partial charge is 0.353 e. The molecule has 18 heavy (non-hydrogen) atoms. The molecule has 5 heteroatoms. The van der Waals surface area contributed by atoms with Gasteiger partial charge in [0.2, 0.25) is 0 Å². The van der Waals surface area contributed by atoms with Gasteiger partial charge in [0.05, 0.1) is 18.3 Å². The van der Waals surface area contributed by atoms with Crippen molar-refractivity contribution in [1.29, 1.82) is 5.26 Å². The van der Waals surface area contributed by atoms with E-state index in [0.29, 0.717) is 6.54 Å². The van der Waals surface area contributed by atoms with Gasteiger partial charge in [0, 0.05) is 26.2 Å². The maximum Gasteiger partial charge on any atom is 0.151 e. The number of hydrogen-bond donors (Lipinski definition) is 0. The number of nitriles is 1. The van der Waals surface area contributed by atoms with Gasteiger partial charge in [-0.3, -0.25) is 4.90 Å². The Balaban J connectivity index is 0.000000771. The molecule has 0 radical (unpaired) electrons. The number of aryl methyl sites for hydroxylation is 1. The van der Waals surface area contributed by atoms with E-state index in [1.807, 2.05) is 32.9 Å². The van der Waals surface area contributed by atoms with E-state index in [1.54, 1.807) is 0 Å². The van der Waals surface area contributed by atoms with Crippen LogP contribution in [-0.2, 0) is 0 Å². The number of anilines is 1. The lowest BCUT2D eigenvalue weighted by molar-refractivity contribution is 0.286. The average Bonchev–Trinajstić information content (AvgIpc) is 2.43. The Bertz CT molecular complexity index is 373. The summed E-state index contributed by atoms with van der Waals surface area (Å²) >= 11 is 0. The van der Waals surface area contributed by atoms with Crippen LogP contribution in [0, 0.1) is 18.3 Å². The van der Waals surface area contributed by atoms with Crippen molar-refractivity contribution in [2.24, 2.45) is 0 Å². The van der Waals surface area contributed by atoms with E-state index in [9.17, 15) is 0 Å².